The van der Waals surface area contributed by atoms with Gasteiger partial charge < -0.3 is 9.42 Å². The molecular formula is C19H23N3O2. The smallest absolute Gasteiger partial charge is 0.259 e. The maximum absolute atomic E-state index is 13.1. The summed E-state index contributed by atoms with van der Waals surface area (Å²) >= 11 is 0. The summed E-state index contributed by atoms with van der Waals surface area (Å²) in [5.41, 5.74) is 2.12. The maximum atomic E-state index is 13.1. The van der Waals surface area contributed by atoms with Crippen LogP contribution in [0.4, 0.5) is 0 Å². The minimum absolute atomic E-state index is 0.0218. The third-order valence-electron chi connectivity index (χ3n) is 4.47. The summed E-state index contributed by atoms with van der Waals surface area (Å²) in [6.07, 6.45) is 9.42. The van der Waals surface area contributed by atoms with Gasteiger partial charge in [0.1, 0.15) is 11.3 Å². The van der Waals surface area contributed by atoms with E-state index in [0.29, 0.717) is 29.5 Å². The first kappa shape index (κ1) is 16.4. The lowest BCUT2D eigenvalue weighted by molar-refractivity contribution is 0.0705. The highest BCUT2D eigenvalue weighted by molar-refractivity contribution is 5.96. The number of aromatic nitrogens is 2. The number of hydrogen-bond acceptors (Lipinski definition) is 4. The molecule has 0 spiro atoms. The van der Waals surface area contributed by atoms with Gasteiger partial charge in [-0.25, -0.2) is 0 Å². The number of rotatable bonds is 5. The Kier molecular flexibility index (Phi) is 5.08. The number of carbonyl (C=O) groups excluding carboxylic acids is 1. The van der Waals surface area contributed by atoms with Gasteiger partial charge >= 0.3 is 0 Å². The maximum Gasteiger partial charge on any atom is 0.259 e. The molecular weight excluding hydrogens is 302 g/mol. The third-order valence-corrected chi connectivity index (χ3v) is 4.47. The molecule has 5 nitrogen and oxygen atoms in total. The topological polar surface area (TPSA) is 59.2 Å². The Balaban J connectivity index is 1.83. The number of aryl methyl sites for hydroxylation is 2. The van der Waals surface area contributed by atoms with Crippen LogP contribution >= 0.6 is 0 Å². The lowest BCUT2D eigenvalue weighted by Gasteiger charge is -2.28. The van der Waals surface area contributed by atoms with Crippen LogP contribution in [0.15, 0.2) is 41.1 Å². The van der Waals surface area contributed by atoms with E-state index in [1.54, 1.807) is 13.1 Å². The summed E-state index contributed by atoms with van der Waals surface area (Å²) in [7, 11) is 0. The van der Waals surface area contributed by atoms with Gasteiger partial charge in [-0.05, 0) is 51.2 Å². The van der Waals surface area contributed by atoms with Crippen LogP contribution in [0.3, 0.4) is 0 Å². The van der Waals surface area contributed by atoms with E-state index in [0.717, 1.165) is 31.5 Å². The summed E-state index contributed by atoms with van der Waals surface area (Å²) in [6, 6.07) is 5.79. The molecule has 0 N–H and O–H groups in total. The molecule has 2 heterocycles. The zero-order chi connectivity index (χ0) is 16.9. The highest BCUT2D eigenvalue weighted by Gasteiger charge is 2.26. The first-order valence-corrected chi connectivity index (χ1v) is 8.42. The number of hydrogen-bond donors (Lipinski definition) is 0. The van der Waals surface area contributed by atoms with Gasteiger partial charge in [0, 0.05) is 12.7 Å². The minimum atomic E-state index is -0.0218. The summed E-state index contributed by atoms with van der Waals surface area (Å²) in [4.78, 5) is 19.4. The van der Waals surface area contributed by atoms with Crippen molar-refractivity contribution in [2.45, 2.75) is 39.7 Å². The molecule has 2 aromatic rings. The number of pyridine rings is 1. The average molecular weight is 325 g/mol. The van der Waals surface area contributed by atoms with Crippen molar-refractivity contribution in [1.82, 2.24) is 15.0 Å². The molecule has 126 valence electrons. The lowest BCUT2D eigenvalue weighted by atomic mass is 9.93. The molecule has 2 aromatic heterocycles. The lowest BCUT2D eigenvalue weighted by Crippen LogP contribution is -2.36. The van der Waals surface area contributed by atoms with E-state index in [1.165, 1.54) is 0 Å². The van der Waals surface area contributed by atoms with Crippen molar-refractivity contribution in [1.29, 1.82) is 0 Å². The minimum Gasteiger partial charge on any atom is -0.361 e. The fraction of sp³-hybridized carbons (Fsp3) is 0.421. The zero-order valence-electron chi connectivity index (χ0n) is 14.2. The van der Waals surface area contributed by atoms with Crippen LogP contribution in [0.1, 0.15) is 46.8 Å². The summed E-state index contributed by atoms with van der Waals surface area (Å²) in [6.45, 7) is 4.83. The van der Waals surface area contributed by atoms with Crippen molar-refractivity contribution in [2.24, 2.45) is 5.92 Å². The molecule has 0 saturated heterocycles. The largest absolute Gasteiger partial charge is 0.361 e. The van der Waals surface area contributed by atoms with Gasteiger partial charge in [0.2, 0.25) is 0 Å². The van der Waals surface area contributed by atoms with Crippen LogP contribution in [0.25, 0.3) is 0 Å². The number of carbonyl (C=O) groups is 1. The van der Waals surface area contributed by atoms with E-state index < -0.39 is 0 Å². The number of nitrogens with zero attached hydrogens (tertiary/aromatic N) is 3. The van der Waals surface area contributed by atoms with Gasteiger partial charge in [-0.3, -0.25) is 9.78 Å². The molecule has 0 saturated carbocycles. The standard InChI is InChI=1S/C19H23N3O2/c1-14-18(15(2)24-21-14)19(23)22(12-16-8-4-3-5-9-16)13-17-10-6-7-11-20-17/h3-4,6-7,10-11,16H,5,8-9,12-13H2,1-2H3/t16-/m0/s1. The molecule has 0 bridgehead atoms. The Morgan fingerprint density at radius 1 is 1.33 bits per heavy atom. The highest BCUT2D eigenvalue weighted by atomic mass is 16.5. The molecule has 0 fully saturated rings. The number of allylic oxidation sites excluding steroid dienone is 2. The predicted octanol–water partition coefficient (Wildman–Crippen LogP) is 3.69. The summed E-state index contributed by atoms with van der Waals surface area (Å²) in [5.74, 6) is 1.04. The first-order valence-electron chi connectivity index (χ1n) is 8.42. The van der Waals surface area contributed by atoms with Gasteiger partial charge in [0.15, 0.2) is 0 Å². The normalized spacial score (nSPS) is 17.0. The molecule has 3 rings (SSSR count). The molecule has 1 atom stereocenters. The fourth-order valence-corrected chi connectivity index (χ4v) is 3.19. The predicted molar refractivity (Wildman–Crippen MR) is 91.4 cm³/mol. The fourth-order valence-electron chi connectivity index (χ4n) is 3.19. The van der Waals surface area contributed by atoms with Gasteiger partial charge in [-0.2, -0.15) is 0 Å². The van der Waals surface area contributed by atoms with Crippen molar-refractivity contribution < 1.29 is 9.32 Å². The first-order chi connectivity index (χ1) is 11.6. The van der Waals surface area contributed by atoms with E-state index in [2.05, 4.69) is 22.3 Å². The second-order valence-corrected chi connectivity index (χ2v) is 6.36. The quantitative estimate of drug-likeness (QED) is 0.787. The SMILES string of the molecule is Cc1noc(C)c1C(=O)N(Cc1ccccn1)C[C@H]1CC=CCC1. The van der Waals surface area contributed by atoms with Crippen molar-refractivity contribution >= 4 is 5.91 Å². The Labute approximate surface area is 142 Å². The van der Waals surface area contributed by atoms with Crippen LogP contribution in [0.5, 0.6) is 0 Å². The molecule has 1 amide bonds. The Morgan fingerprint density at radius 2 is 2.21 bits per heavy atom. The summed E-state index contributed by atoms with van der Waals surface area (Å²) < 4.78 is 5.18. The van der Waals surface area contributed by atoms with Crippen molar-refractivity contribution in [2.75, 3.05) is 6.54 Å². The van der Waals surface area contributed by atoms with Gasteiger partial charge in [-0.1, -0.05) is 23.4 Å². The monoisotopic (exact) mass is 325 g/mol. The van der Waals surface area contributed by atoms with Gasteiger partial charge in [0.05, 0.1) is 17.9 Å². The van der Waals surface area contributed by atoms with Crippen LogP contribution in [-0.4, -0.2) is 27.5 Å². The Bertz CT molecular complexity index is 702. The van der Waals surface area contributed by atoms with E-state index >= 15 is 0 Å². The molecule has 1 aliphatic rings. The van der Waals surface area contributed by atoms with Gasteiger partial charge in [-0.15, -0.1) is 0 Å². The van der Waals surface area contributed by atoms with E-state index in [4.69, 9.17) is 4.52 Å². The average Bonchev–Trinajstić information content (AvgIpc) is 2.94. The van der Waals surface area contributed by atoms with Crippen LogP contribution in [0, 0.1) is 19.8 Å². The van der Waals surface area contributed by atoms with Crippen molar-refractivity contribution in [3.8, 4) is 0 Å². The molecule has 1 aliphatic carbocycles. The molecule has 0 radical (unpaired) electrons. The second kappa shape index (κ2) is 7.43. The van der Waals surface area contributed by atoms with E-state index in [-0.39, 0.29) is 5.91 Å². The highest BCUT2D eigenvalue weighted by Crippen LogP contribution is 2.23. The van der Waals surface area contributed by atoms with Crippen LogP contribution < -0.4 is 0 Å². The molecule has 0 unspecified atom stereocenters. The zero-order valence-corrected chi connectivity index (χ0v) is 14.2. The third kappa shape index (κ3) is 3.72. The Hall–Kier alpha value is -2.43. The molecule has 24 heavy (non-hydrogen) atoms. The number of amides is 1. The summed E-state index contributed by atoms with van der Waals surface area (Å²) in [5, 5.41) is 3.92. The Morgan fingerprint density at radius 3 is 2.83 bits per heavy atom. The second-order valence-electron chi connectivity index (χ2n) is 6.36. The van der Waals surface area contributed by atoms with E-state index in [1.807, 2.05) is 30.0 Å². The van der Waals surface area contributed by atoms with Crippen molar-refractivity contribution in [3.05, 3.63) is 59.3 Å². The van der Waals surface area contributed by atoms with Crippen LogP contribution in [0.2, 0.25) is 0 Å². The van der Waals surface area contributed by atoms with E-state index in [9.17, 15) is 4.79 Å². The molecule has 0 aromatic carbocycles. The van der Waals surface area contributed by atoms with Gasteiger partial charge in [0.25, 0.3) is 5.91 Å². The molecule has 5 heteroatoms. The molecule has 0 aliphatic heterocycles. The van der Waals surface area contributed by atoms with Crippen LogP contribution in [-0.2, 0) is 6.54 Å². The van der Waals surface area contributed by atoms with Crippen molar-refractivity contribution in [3.63, 3.8) is 0 Å².